The van der Waals surface area contributed by atoms with Crippen molar-refractivity contribution in [3.63, 3.8) is 0 Å². The van der Waals surface area contributed by atoms with Crippen LogP contribution in [-0.4, -0.2) is 64.4 Å². The lowest BCUT2D eigenvalue weighted by atomic mass is 9.93. The summed E-state index contributed by atoms with van der Waals surface area (Å²) in [6, 6.07) is 0. The monoisotopic (exact) mass is 288 g/mol. The molecule has 1 fully saturated rings. The molecule has 5 nitrogen and oxygen atoms in total. The van der Waals surface area contributed by atoms with Gasteiger partial charge in [0.1, 0.15) is 0 Å². The number of nitrogens with one attached hydrogen (secondary N) is 1. The first-order valence-corrected chi connectivity index (χ1v) is 7.74. The molecule has 0 spiro atoms. The van der Waals surface area contributed by atoms with Gasteiger partial charge in [-0.3, -0.25) is 4.79 Å². The highest BCUT2D eigenvalue weighted by atomic mass is 16.5. The summed E-state index contributed by atoms with van der Waals surface area (Å²) in [6.07, 6.45) is 2.93. The van der Waals surface area contributed by atoms with Crippen molar-refractivity contribution >= 4 is 5.91 Å². The van der Waals surface area contributed by atoms with Crippen LogP contribution in [0.25, 0.3) is 0 Å². The van der Waals surface area contributed by atoms with Crippen molar-refractivity contribution in [1.82, 2.24) is 10.2 Å². The van der Waals surface area contributed by atoms with Gasteiger partial charge in [0.15, 0.2) is 0 Å². The van der Waals surface area contributed by atoms with E-state index in [9.17, 15) is 4.79 Å². The minimum Gasteiger partial charge on any atom is -0.382 e. The predicted molar refractivity (Wildman–Crippen MR) is 81.9 cm³/mol. The first-order chi connectivity index (χ1) is 9.72. The molecule has 20 heavy (non-hydrogen) atoms. The third kappa shape index (κ3) is 10.2. The van der Waals surface area contributed by atoms with Gasteiger partial charge in [0.2, 0.25) is 5.91 Å². The molecule has 0 unspecified atom stereocenters. The summed E-state index contributed by atoms with van der Waals surface area (Å²) in [6.45, 7) is 8.55. The Morgan fingerprint density at radius 2 is 1.85 bits per heavy atom. The molecular weight excluding hydrogens is 256 g/mol. The number of hydrogen-bond donors (Lipinski definition) is 1. The van der Waals surface area contributed by atoms with Crippen LogP contribution in [0.2, 0.25) is 0 Å². The molecule has 1 saturated heterocycles. The van der Waals surface area contributed by atoms with Crippen LogP contribution in [0, 0.1) is 5.92 Å². The van der Waals surface area contributed by atoms with Crippen LogP contribution in [0.3, 0.4) is 0 Å². The number of amides is 1. The maximum Gasteiger partial charge on any atom is 0.220 e. The molecule has 0 aromatic carbocycles. The fraction of sp³-hybridized carbons (Fsp3) is 0.933. The summed E-state index contributed by atoms with van der Waals surface area (Å²) in [5, 5.41) is 2.90. The average Bonchev–Trinajstić information content (AvgIpc) is 2.47. The van der Waals surface area contributed by atoms with Crippen LogP contribution >= 0.6 is 0 Å². The van der Waals surface area contributed by atoms with Crippen LogP contribution in [0.1, 0.15) is 33.1 Å². The number of hydrogen-bond acceptors (Lipinski definition) is 4. The SMILES string of the molecule is CC.COCCOCCNC(=O)CC1CCN(C)CC1. The summed E-state index contributed by atoms with van der Waals surface area (Å²) in [5.74, 6) is 0.704. The third-order valence-electron chi connectivity index (χ3n) is 3.31. The van der Waals surface area contributed by atoms with Crippen molar-refractivity contribution in [2.45, 2.75) is 33.1 Å². The van der Waals surface area contributed by atoms with E-state index >= 15 is 0 Å². The highest BCUT2D eigenvalue weighted by Crippen LogP contribution is 2.18. The molecule has 0 radical (unpaired) electrons. The smallest absolute Gasteiger partial charge is 0.220 e. The highest BCUT2D eigenvalue weighted by Gasteiger charge is 2.19. The molecule has 0 aromatic heterocycles. The highest BCUT2D eigenvalue weighted by molar-refractivity contribution is 5.76. The van der Waals surface area contributed by atoms with Gasteiger partial charge < -0.3 is 19.7 Å². The summed E-state index contributed by atoms with van der Waals surface area (Å²) < 4.78 is 10.1. The zero-order chi connectivity index (χ0) is 15.2. The predicted octanol–water partition coefficient (Wildman–Crippen LogP) is 1.52. The quantitative estimate of drug-likeness (QED) is 0.688. The number of likely N-dealkylation sites (tertiary alicyclic amines) is 1. The topological polar surface area (TPSA) is 50.8 Å². The summed E-state index contributed by atoms with van der Waals surface area (Å²) >= 11 is 0. The van der Waals surface area contributed by atoms with Gasteiger partial charge >= 0.3 is 0 Å². The fourth-order valence-corrected chi connectivity index (χ4v) is 2.11. The van der Waals surface area contributed by atoms with Crippen LogP contribution in [0.5, 0.6) is 0 Å². The van der Waals surface area contributed by atoms with E-state index in [1.165, 1.54) is 0 Å². The van der Waals surface area contributed by atoms with Gasteiger partial charge in [-0.1, -0.05) is 13.8 Å². The van der Waals surface area contributed by atoms with Gasteiger partial charge in [0, 0.05) is 20.1 Å². The molecule has 5 heteroatoms. The second-order valence-electron chi connectivity index (χ2n) is 4.91. The fourth-order valence-electron chi connectivity index (χ4n) is 2.11. The van der Waals surface area contributed by atoms with E-state index in [-0.39, 0.29) is 5.91 Å². The molecule has 120 valence electrons. The molecule has 1 heterocycles. The summed E-state index contributed by atoms with van der Waals surface area (Å²) in [5.41, 5.74) is 0. The van der Waals surface area contributed by atoms with Crippen molar-refractivity contribution < 1.29 is 14.3 Å². The van der Waals surface area contributed by atoms with Gasteiger partial charge in [-0.15, -0.1) is 0 Å². The molecule has 0 aromatic rings. The average molecular weight is 288 g/mol. The Bertz CT molecular complexity index is 229. The van der Waals surface area contributed by atoms with Gasteiger partial charge in [-0.05, 0) is 38.9 Å². The van der Waals surface area contributed by atoms with Gasteiger partial charge in [-0.25, -0.2) is 0 Å². The molecule has 1 aliphatic rings. The van der Waals surface area contributed by atoms with E-state index < -0.39 is 0 Å². The molecule has 0 bridgehead atoms. The van der Waals surface area contributed by atoms with Crippen LogP contribution in [0.4, 0.5) is 0 Å². The van der Waals surface area contributed by atoms with Gasteiger partial charge in [-0.2, -0.15) is 0 Å². The van der Waals surface area contributed by atoms with E-state index in [2.05, 4.69) is 17.3 Å². The Labute approximate surface area is 124 Å². The van der Waals surface area contributed by atoms with Gasteiger partial charge in [0.05, 0.1) is 19.8 Å². The Kier molecular flexibility index (Phi) is 12.9. The van der Waals surface area contributed by atoms with Gasteiger partial charge in [0.25, 0.3) is 0 Å². The van der Waals surface area contributed by atoms with E-state index in [0.29, 0.717) is 38.7 Å². The molecule has 0 atom stereocenters. The first-order valence-electron chi connectivity index (χ1n) is 7.74. The molecule has 1 aliphatic heterocycles. The number of rotatable bonds is 8. The Morgan fingerprint density at radius 3 is 2.45 bits per heavy atom. The summed E-state index contributed by atoms with van der Waals surface area (Å²) in [7, 11) is 3.78. The molecule has 1 N–H and O–H groups in total. The lowest BCUT2D eigenvalue weighted by molar-refractivity contribution is -0.122. The molecule has 1 amide bonds. The Balaban J connectivity index is 0.00000172. The lowest BCUT2D eigenvalue weighted by Crippen LogP contribution is -2.34. The van der Waals surface area contributed by atoms with Crippen LogP contribution in [0.15, 0.2) is 0 Å². The number of carbonyl (C=O) groups excluding carboxylic acids is 1. The van der Waals surface area contributed by atoms with E-state index in [0.717, 1.165) is 25.9 Å². The van der Waals surface area contributed by atoms with E-state index in [1.807, 2.05) is 13.8 Å². The molecular formula is C15H32N2O3. The normalized spacial score (nSPS) is 16.4. The first kappa shape index (κ1) is 19.4. The van der Waals surface area contributed by atoms with E-state index in [1.54, 1.807) is 7.11 Å². The third-order valence-corrected chi connectivity index (χ3v) is 3.31. The van der Waals surface area contributed by atoms with Crippen molar-refractivity contribution in [2.24, 2.45) is 5.92 Å². The zero-order valence-electron chi connectivity index (χ0n) is 13.6. The standard InChI is InChI=1S/C13H26N2O3.C2H6/c1-15-6-3-12(4-7-15)11-13(16)14-5-8-18-10-9-17-2;1-2/h12H,3-11H2,1-2H3,(H,14,16);1-2H3. The Hall–Kier alpha value is -0.650. The van der Waals surface area contributed by atoms with Crippen LogP contribution < -0.4 is 5.32 Å². The van der Waals surface area contributed by atoms with Crippen molar-refractivity contribution in [1.29, 1.82) is 0 Å². The number of carbonyl (C=O) groups is 1. The number of piperidine rings is 1. The zero-order valence-corrected chi connectivity index (χ0v) is 13.6. The molecule has 0 aliphatic carbocycles. The number of methoxy groups -OCH3 is 1. The largest absolute Gasteiger partial charge is 0.382 e. The maximum atomic E-state index is 11.7. The second kappa shape index (κ2) is 13.3. The molecule has 0 saturated carbocycles. The number of ether oxygens (including phenoxy) is 2. The minimum atomic E-state index is 0.153. The molecule has 1 rings (SSSR count). The van der Waals surface area contributed by atoms with E-state index in [4.69, 9.17) is 9.47 Å². The van der Waals surface area contributed by atoms with Crippen molar-refractivity contribution in [3.8, 4) is 0 Å². The summed E-state index contributed by atoms with van der Waals surface area (Å²) in [4.78, 5) is 14.0. The van der Waals surface area contributed by atoms with Crippen LogP contribution in [-0.2, 0) is 14.3 Å². The lowest BCUT2D eigenvalue weighted by Gasteiger charge is -2.28. The van der Waals surface area contributed by atoms with Crippen molar-refractivity contribution in [3.05, 3.63) is 0 Å². The second-order valence-corrected chi connectivity index (χ2v) is 4.91. The Morgan fingerprint density at radius 1 is 1.20 bits per heavy atom. The minimum absolute atomic E-state index is 0.153. The van der Waals surface area contributed by atoms with Crippen molar-refractivity contribution in [2.75, 3.05) is 53.6 Å². The number of nitrogens with zero attached hydrogens (tertiary/aromatic N) is 1. The maximum absolute atomic E-state index is 11.7.